The van der Waals surface area contributed by atoms with Gasteiger partial charge in [-0.2, -0.15) is 0 Å². The summed E-state index contributed by atoms with van der Waals surface area (Å²) in [4.78, 5) is 37.4. The molecule has 3 rings (SSSR count). The maximum Gasteiger partial charge on any atom is 0.265 e. The van der Waals surface area contributed by atoms with Crippen LogP contribution in [0.5, 0.6) is 5.75 Å². The fourth-order valence-corrected chi connectivity index (χ4v) is 2.76. The maximum atomic E-state index is 12.2. The molecule has 0 radical (unpaired) electrons. The van der Waals surface area contributed by atoms with Crippen LogP contribution in [0.3, 0.4) is 0 Å². The van der Waals surface area contributed by atoms with Gasteiger partial charge in [-0.3, -0.25) is 14.4 Å². The lowest BCUT2D eigenvalue weighted by Crippen LogP contribution is -2.41. The lowest BCUT2D eigenvalue weighted by Gasteiger charge is -2.29. The van der Waals surface area contributed by atoms with Crippen molar-refractivity contribution in [2.45, 2.75) is 19.9 Å². The fraction of sp³-hybridized carbons (Fsp3) is 0.250. The Morgan fingerprint density at radius 1 is 1.15 bits per heavy atom. The first kappa shape index (κ1) is 17.7. The summed E-state index contributed by atoms with van der Waals surface area (Å²) in [5.74, 6) is 0.0807. The second-order valence-corrected chi connectivity index (χ2v) is 6.09. The predicted octanol–water partition coefficient (Wildman–Crippen LogP) is 2.32. The molecule has 2 aromatic rings. The minimum atomic E-state index is -0.228. The van der Waals surface area contributed by atoms with Crippen LogP contribution in [0, 0.1) is 0 Å². The van der Waals surface area contributed by atoms with Gasteiger partial charge < -0.3 is 15.0 Å². The van der Waals surface area contributed by atoms with Crippen molar-refractivity contribution >= 4 is 23.3 Å². The van der Waals surface area contributed by atoms with Gasteiger partial charge in [-0.1, -0.05) is 30.3 Å². The number of Topliss-reactive ketones (excluding diaryl/α,β-unsaturated/α-hetero) is 1. The van der Waals surface area contributed by atoms with Crippen LogP contribution in [0.4, 0.5) is 5.69 Å². The van der Waals surface area contributed by atoms with Crippen molar-refractivity contribution < 1.29 is 19.1 Å². The first-order valence-electron chi connectivity index (χ1n) is 8.43. The number of ketones is 1. The zero-order valence-electron chi connectivity index (χ0n) is 14.5. The molecule has 1 heterocycles. The smallest absolute Gasteiger partial charge is 0.265 e. The fourth-order valence-electron chi connectivity index (χ4n) is 2.76. The van der Waals surface area contributed by atoms with E-state index in [1.807, 2.05) is 30.3 Å². The average molecular weight is 352 g/mol. The second-order valence-electron chi connectivity index (χ2n) is 6.09. The van der Waals surface area contributed by atoms with Crippen molar-refractivity contribution in [2.24, 2.45) is 0 Å². The maximum absolute atomic E-state index is 12.2. The summed E-state index contributed by atoms with van der Waals surface area (Å²) in [6.45, 7) is 2.08. The Morgan fingerprint density at radius 3 is 2.65 bits per heavy atom. The number of ether oxygens (including phenoxy) is 1. The molecule has 134 valence electrons. The summed E-state index contributed by atoms with van der Waals surface area (Å²) in [7, 11) is 0. The number of anilines is 1. The molecule has 0 saturated carbocycles. The Morgan fingerprint density at radius 2 is 1.92 bits per heavy atom. The van der Waals surface area contributed by atoms with Gasteiger partial charge in [0.1, 0.15) is 5.75 Å². The highest BCUT2D eigenvalue weighted by Crippen LogP contribution is 2.33. The molecule has 0 saturated heterocycles. The number of amides is 2. The van der Waals surface area contributed by atoms with Crippen LogP contribution in [0.2, 0.25) is 0 Å². The van der Waals surface area contributed by atoms with E-state index >= 15 is 0 Å². The Balaban J connectivity index is 1.64. The summed E-state index contributed by atoms with van der Waals surface area (Å²) in [6.07, 6.45) is 0.169. The number of carbonyl (C=O) groups is 3. The van der Waals surface area contributed by atoms with Gasteiger partial charge in [0.25, 0.3) is 5.91 Å². The molecule has 0 aliphatic carbocycles. The van der Waals surface area contributed by atoms with E-state index < -0.39 is 0 Å². The van der Waals surface area contributed by atoms with E-state index in [2.05, 4.69) is 5.32 Å². The van der Waals surface area contributed by atoms with Crippen LogP contribution in [0.1, 0.15) is 29.3 Å². The quantitative estimate of drug-likeness (QED) is 0.810. The largest absolute Gasteiger partial charge is 0.482 e. The predicted molar refractivity (Wildman–Crippen MR) is 97.2 cm³/mol. The summed E-state index contributed by atoms with van der Waals surface area (Å²) in [6, 6.07) is 14.6. The van der Waals surface area contributed by atoms with E-state index in [0.717, 1.165) is 5.56 Å². The van der Waals surface area contributed by atoms with Crippen molar-refractivity contribution in [3.8, 4) is 5.75 Å². The molecule has 0 fully saturated rings. The zero-order valence-corrected chi connectivity index (χ0v) is 14.5. The molecule has 2 aromatic carbocycles. The van der Waals surface area contributed by atoms with E-state index in [-0.39, 0.29) is 37.2 Å². The molecule has 0 bridgehead atoms. The molecule has 6 nitrogen and oxygen atoms in total. The van der Waals surface area contributed by atoms with Gasteiger partial charge in [0.05, 0.1) is 5.69 Å². The Bertz CT molecular complexity index is 833. The number of carbonyl (C=O) groups excluding carboxylic acids is 3. The monoisotopic (exact) mass is 352 g/mol. The third-order valence-electron chi connectivity index (χ3n) is 4.20. The number of hydrogen-bond acceptors (Lipinski definition) is 4. The molecule has 0 spiro atoms. The van der Waals surface area contributed by atoms with E-state index in [9.17, 15) is 14.4 Å². The number of hydrogen-bond donors (Lipinski definition) is 1. The van der Waals surface area contributed by atoms with Crippen LogP contribution in [-0.4, -0.2) is 30.7 Å². The molecule has 1 N–H and O–H groups in total. The average Bonchev–Trinajstić information content (AvgIpc) is 2.66. The van der Waals surface area contributed by atoms with Crippen LogP contribution >= 0.6 is 0 Å². The first-order chi connectivity index (χ1) is 12.5. The lowest BCUT2D eigenvalue weighted by atomic mass is 10.1. The molecule has 1 aliphatic rings. The van der Waals surface area contributed by atoms with Crippen molar-refractivity contribution in [1.82, 2.24) is 5.32 Å². The van der Waals surface area contributed by atoms with Gasteiger partial charge >= 0.3 is 0 Å². The SMILES string of the molecule is CC(=O)c1ccc2c(c1)N(CCC(=O)NCc1ccccc1)C(=O)CO2. The Hall–Kier alpha value is -3.15. The molecule has 6 heteroatoms. The van der Waals surface area contributed by atoms with E-state index in [1.165, 1.54) is 11.8 Å². The van der Waals surface area contributed by atoms with Gasteiger partial charge in [0, 0.05) is 25.1 Å². The normalized spacial score (nSPS) is 13.0. The van der Waals surface area contributed by atoms with E-state index in [1.54, 1.807) is 18.2 Å². The summed E-state index contributed by atoms with van der Waals surface area (Å²) in [5.41, 5.74) is 2.05. The van der Waals surface area contributed by atoms with Crippen LogP contribution in [0.15, 0.2) is 48.5 Å². The molecule has 0 unspecified atom stereocenters. The Kier molecular flexibility index (Phi) is 5.31. The van der Waals surface area contributed by atoms with Gasteiger partial charge in [0.15, 0.2) is 12.4 Å². The molecule has 26 heavy (non-hydrogen) atoms. The third-order valence-corrected chi connectivity index (χ3v) is 4.20. The molecule has 0 aromatic heterocycles. The minimum Gasteiger partial charge on any atom is -0.482 e. The van der Waals surface area contributed by atoms with Crippen LogP contribution in [0.25, 0.3) is 0 Å². The molecular weight excluding hydrogens is 332 g/mol. The van der Waals surface area contributed by atoms with Crippen molar-refractivity contribution in [3.05, 3.63) is 59.7 Å². The van der Waals surface area contributed by atoms with Crippen molar-refractivity contribution in [3.63, 3.8) is 0 Å². The third kappa shape index (κ3) is 4.08. The first-order valence-corrected chi connectivity index (χ1v) is 8.43. The van der Waals surface area contributed by atoms with Gasteiger partial charge in [-0.25, -0.2) is 0 Å². The minimum absolute atomic E-state index is 0.0714. The van der Waals surface area contributed by atoms with Gasteiger partial charge in [-0.05, 0) is 30.7 Å². The molecule has 2 amide bonds. The molecular formula is C20H20N2O4. The van der Waals surface area contributed by atoms with Gasteiger partial charge in [-0.15, -0.1) is 0 Å². The number of fused-ring (bicyclic) bond motifs is 1. The standard InChI is InChI=1S/C20H20N2O4/c1-14(23)16-7-8-18-17(11-16)22(20(25)13-26-18)10-9-19(24)21-12-15-5-3-2-4-6-15/h2-8,11H,9-10,12-13H2,1H3,(H,21,24). The highest BCUT2D eigenvalue weighted by atomic mass is 16.5. The van der Waals surface area contributed by atoms with Crippen LogP contribution in [-0.2, 0) is 16.1 Å². The highest BCUT2D eigenvalue weighted by molar-refractivity contribution is 6.01. The molecule has 0 atom stereocenters. The van der Waals surface area contributed by atoms with Crippen molar-refractivity contribution in [1.29, 1.82) is 0 Å². The van der Waals surface area contributed by atoms with Gasteiger partial charge in [0.2, 0.25) is 5.91 Å². The van der Waals surface area contributed by atoms with Crippen molar-refractivity contribution in [2.75, 3.05) is 18.1 Å². The highest BCUT2D eigenvalue weighted by Gasteiger charge is 2.26. The molecule has 1 aliphatic heterocycles. The summed E-state index contributed by atoms with van der Waals surface area (Å²) < 4.78 is 5.41. The zero-order chi connectivity index (χ0) is 18.5. The number of rotatable bonds is 6. The summed E-state index contributed by atoms with van der Waals surface area (Å²) >= 11 is 0. The number of benzene rings is 2. The summed E-state index contributed by atoms with van der Waals surface area (Å²) in [5, 5.41) is 2.84. The topological polar surface area (TPSA) is 75.7 Å². The van der Waals surface area contributed by atoms with Crippen LogP contribution < -0.4 is 15.0 Å². The second kappa shape index (κ2) is 7.82. The number of nitrogens with zero attached hydrogens (tertiary/aromatic N) is 1. The van der Waals surface area contributed by atoms with E-state index in [0.29, 0.717) is 23.5 Å². The number of nitrogens with one attached hydrogen (secondary N) is 1. The van der Waals surface area contributed by atoms with E-state index in [4.69, 9.17) is 4.74 Å². The Labute approximate surface area is 151 Å². The lowest BCUT2D eigenvalue weighted by molar-refractivity contribution is -0.122.